The molecular weight excluding hydrogens is 302 g/mol. The highest BCUT2D eigenvalue weighted by Gasteiger charge is 2.25. The van der Waals surface area contributed by atoms with Crippen LogP contribution in [0.5, 0.6) is 5.75 Å². The summed E-state index contributed by atoms with van der Waals surface area (Å²) in [5.41, 5.74) is 2.90. The molecule has 0 spiro atoms. The van der Waals surface area contributed by atoms with Gasteiger partial charge in [-0.25, -0.2) is 0 Å². The molecule has 0 saturated carbocycles. The third-order valence-corrected chi connectivity index (χ3v) is 4.46. The van der Waals surface area contributed by atoms with Crippen molar-refractivity contribution in [3.63, 3.8) is 0 Å². The van der Waals surface area contributed by atoms with Crippen LogP contribution in [0.2, 0.25) is 0 Å². The van der Waals surface area contributed by atoms with Gasteiger partial charge in [0.25, 0.3) is 0 Å². The molecule has 2 aromatic rings. The van der Waals surface area contributed by atoms with E-state index in [4.69, 9.17) is 4.74 Å². The predicted molar refractivity (Wildman–Crippen MR) is 92.0 cm³/mol. The zero-order valence-electron chi connectivity index (χ0n) is 14.2. The molecule has 1 aromatic heterocycles. The molecule has 0 unspecified atom stereocenters. The van der Waals surface area contributed by atoms with Gasteiger partial charge < -0.3 is 9.64 Å². The molecule has 1 aliphatic rings. The molecule has 5 heteroatoms. The minimum absolute atomic E-state index is 0.161. The zero-order valence-corrected chi connectivity index (χ0v) is 14.2. The number of amides is 1. The molecule has 0 radical (unpaired) electrons. The van der Waals surface area contributed by atoms with E-state index in [-0.39, 0.29) is 11.8 Å². The number of aryl methyl sites for hydroxylation is 1. The lowest BCUT2D eigenvalue weighted by atomic mass is 9.94. The molecule has 0 N–H and O–H groups in total. The van der Waals surface area contributed by atoms with Crippen molar-refractivity contribution in [1.82, 2.24) is 14.9 Å². The molecule has 3 rings (SSSR count). The van der Waals surface area contributed by atoms with Gasteiger partial charge in [0.2, 0.25) is 5.91 Å². The van der Waals surface area contributed by atoms with Crippen molar-refractivity contribution in [1.29, 1.82) is 0 Å². The first-order valence-electron chi connectivity index (χ1n) is 8.35. The van der Waals surface area contributed by atoms with Gasteiger partial charge in [-0.1, -0.05) is 12.1 Å². The van der Waals surface area contributed by atoms with Gasteiger partial charge in [0, 0.05) is 31.4 Å². The highest BCUT2D eigenvalue weighted by Crippen LogP contribution is 2.26. The summed E-state index contributed by atoms with van der Waals surface area (Å²) in [5, 5.41) is 0. The van der Waals surface area contributed by atoms with Crippen LogP contribution in [0.3, 0.4) is 0 Å². The number of methoxy groups -OCH3 is 1. The standard InChI is InChI=1S/C19H23N3O2/c1-14-11-20-12-18(21-14)16-6-4-8-22(13-16)19(23)10-15-5-3-7-17(9-15)24-2/h3,5,7,9,11-12,16H,4,6,8,10,13H2,1-2H3/t16-/m0/s1. The van der Waals surface area contributed by atoms with E-state index < -0.39 is 0 Å². The molecule has 126 valence electrons. The Kier molecular flexibility index (Phi) is 5.08. The van der Waals surface area contributed by atoms with Crippen molar-refractivity contribution < 1.29 is 9.53 Å². The number of piperidine rings is 1. The molecule has 0 bridgehead atoms. The number of carbonyl (C=O) groups is 1. The van der Waals surface area contributed by atoms with Crippen LogP contribution in [0.1, 0.15) is 35.7 Å². The van der Waals surface area contributed by atoms with E-state index >= 15 is 0 Å². The third kappa shape index (κ3) is 3.91. The summed E-state index contributed by atoms with van der Waals surface area (Å²) in [4.78, 5) is 23.4. The highest BCUT2D eigenvalue weighted by molar-refractivity contribution is 5.79. The van der Waals surface area contributed by atoms with Crippen LogP contribution in [0, 0.1) is 6.92 Å². The van der Waals surface area contributed by atoms with E-state index in [0.29, 0.717) is 6.42 Å². The number of aromatic nitrogens is 2. The lowest BCUT2D eigenvalue weighted by Crippen LogP contribution is -2.40. The van der Waals surface area contributed by atoms with Crippen molar-refractivity contribution in [2.24, 2.45) is 0 Å². The Morgan fingerprint density at radius 2 is 2.25 bits per heavy atom. The number of hydrogen-bond donors (Lipinski definition) is 0. The topological polar surface area (TPSA) is 55.3 Å². The van der Waals surface area contributed by atoms with Crippen LogP contribution in [-0.2, 0) is 11.2 Å². The molecule has 1 atom stereocenters. The van der Waals surface area contributed by atoms with Crippen LogP contribution in [0.15, 0.2) is 36.7 Å². The fourth-order valence-electron chi connectivity index (χ4n) is 3.19. The molecule has 5 nitrogen and oxygen atoms in total. The molecule has 1 aliphatic heterocycles. The van der Waals surface area contributed by atoms with Crippen LogP contribution in [-0.4, -0.2) is 41.0 Å². The summed E-state index contributed by atoms with van der Waals surface area (Å²) >= 11 is 0. The minimum Gasteiger partial charge on any atom is -0.497 e. The Bertz CT molecular complexity index is 717. The lowest BCUT2D eigenvalue weighted by molar-refractivity contribution is -0.131. The molecule has 1 aromatic carbocycles. The summed E-state index contributed by atoms with van der Waals surface area (Å²) in [6.45, 7) is 3.49. The average Bonchev–Trinajstić information content (AvgIpc) is 2.62. The number of benzene rings is 1. The van der Waals surface area contributed by atoms with E-state index in [1.807, 2.05) is 42.3 Å². The van der Waals surface area contributed by atoms with E-state index in [1.165, 1.54) is 0 Å². The molecule has 1 fully saturated rings. The van der Waals surface area contributed by atoms with E-state index in [1.54, 1.807) is 13.3 Å². The van der Waals surface area contributed by atoms with Crippen molar-refractivity contribution >= 4 is 5.91 Å². The van der Waals surface area contributed by atoms with Gasteiger partial charge in [0.05, 0.1) is 24.9 Å². The minimum atomic E-state index is 0.161. The highest BCUT2D eigenvalue weighted by atomic mass is 16.5. The first kappa shape index (κ1) is 16.4. The summed E-state index contributed by atoms with van der Waals surface area (Å²) in [7, 11) is 1.64. The SMILES string of the molecule is COc1cccc(CC(=O)N2CCC[C@H](c3cncc(C)n3)C2)c1. The van der Waals surface area contributed by atoms with E-state index in [2.05, 4.69) is 9.97 Å². The van der Waals surface area contributed by atoms with Gasteiger partial charge in [-0.15, -0.1) is 0 Å². The Hall–Kier alpha value is -2.43. The first-order valence-corrected chi connectivity index (χ1v) is 8.35. The number of carbonyl (C=O) groups excluding carboxylic acids is 1. The number of rotatable bonds is 4. The summed E-state index contributed by atoms with van der Waals surface area (Å²) in [6.07, 6.45) is 6.06. The Balaban J connectivity index is 1.66. The second-order valence-corrected chi connectivity index (χ2v) is 6.29. The van der Waals surface area contributed by atoms with Gasteiger partial charge in [0.15, 0.2) is 0 Å². The second-order valence-electron chi connectivity index (χ2n) is 6.29. The maximum atomic E-state index is 12.7. The lowest BCUT2D eigenvalue weighted by Gasteiger charge is -2.32. The van der Waals surface area contributed by atoms with Crippen LogP contribution < -0.4 is 4.74 Å². The second kappa shape index (κ2) is 7.43. The quantitative estimate of drug-likeness (QED) is 0.867. The van der Waals surface area contributed by atoms with Gasteiger partial charge in [-0.3, -0.25) is 14.8 Å². The number of likely N-dealkylation sites (tertiary alicyclic amines) is 1. The van der Waals surface area contributed by atoms with E-state index in [9.17, 15) is 4.79 Å². The monoisotopic (exact) mass is 325 g/mol. The van der Waals surface area contributed by atoms with Crippen molar-refractivity contribution in [3.05, 3.63) is 53.6 Å². The fraction of sp³-hybridized carbons (Fsp3) is 0.421. The van der Waals surface area contributed by atoms with E-state index in [0.717, 1.165) is 48.6 Å². The molecule has 0 aliphatic carbocycles. The van der Waals surface area contributed by atoms with Crippen molar-refractivity contribution in [2.45, 2.75) is 32.1 Å². The smallest absolute Gasteiger partial charge is 0.227 e. The van der Waals surface area contributed by atoms with Crippen molar-refractivity contribution in [3.8, 4) is 5.75 Å². The molecule has 1 amide bonds. The zero-order chi connectivity index (χ0) is 16.9. The maximum Gasteiger partial charge on any atom is 0.227 e. The molecular formula is C19H23N3O2. The third-order valence-electron chi connectivity index (χ3n) is 4.46. The largest absolute Gasteiger partial charge is 0.497 e. The predicted octanol–water partition coefficient (Wildman–Crippen LogP) is 2.74. The maximum absolute atomic E-state index is 12.7. The normalized spacial score (nSPS) is 17.6. The first-order chi connectivity index (χ1) is 11.7. The summed E-state index contributed by atoms with van der Waals surface area (Å²) in [5.74, 6) is 1.22. The van der Waals surface area contributed by atoms with Crippen LogP contribution in [0.4, 0.5) is 0 Å². The number of ether oxygens (including phenoxy) is 1. The average molecular weight is 325 g/mol. The number of nitrogens with zero attached hydrogens (tertiary/aromatic N) is 3. The van der Waals surface area contributed by atoms with Crippen molar-refractivity contribution in [2.75, 3.05) is 20.2 Å². The van der Waals surface area contributed by atoms with Gasteiger partial charge in [-0.2, -0.15) is 0 Å². The molecule has 1 saturated heterocycles. The number of hydrogen-bond acceptors (Lipinski definition) is 4. The molecule has 24 heavy (non-hydrogen) atoms. The van der Waals surface area contributed by atoms with Gasteiger partial charge in [0.1, 0.15) is 5.75 Å². The Morgan fingerprint density at radius 3 is 3.04 bits per heavy atom. The Morgan fingerprint density at radius 1 is 1.38 bits per heavy atom. The Labute approximate surface area is 142 Å². The summed E-state index contributed by atoms with van der Waals surface area (Å²) in [6, 6.07) is 7.70. The fourth-order valence-corrected chi connectivity index (χ4v) is 3.19. The van der Waals surface area contributed by atoms with Crippen LogP contribution in [0.25, 0.3) is 0 Å². The molecule has 2 heterocycles. The van der Waals surface area contributed by atoms with Gasteiger partial charge in [-0.05, 0) is 37.5 Å². The summed E-state index contributed by atoms with van der Waals surface area (Å²) < 4.78 is 5.23. The van der Waals surface area contributed by atoms with Crippen LogP contribution >= 0.6 is 0 Å². The van der Waals surface area contributed by atoms with Gasteiger partial charge >= 0.3 is 0 Å².